The molecule has 1 saturated heterocycles. The average Bonchev–Trinajstić information content (AvgIpc) is 2.27. The molecule has 0 radical (unpaired) electrons. The van der Waals surface area contributed by atoms with Gasteiger partial charge < -0.3 is 15.4 Å². The van der Waals surface area contributed by atoms with Crippen molar-refractivity contribution in [3.8, 4) is 0 Å². The summed E-state index contributed by atoms with van der Waals surface area (Å²) in [5, 5.41) is 0.522. The lowest BCUT2D eigenvalue weighted by Crippen LogP contribution is -2.41. The van der Waals surface area contributed by atoms with Gasteiger partial charge >= 0.3 is 0 Å². The zero-order valence-electron chi connectivity index (χ0n) is 8.65. The second kappa shape index (κ2) is 4.67. The van der Waals surface area contributed by atoms with Crippen molar-refractivity contribution in [2.75, 3.05) is 25.5 Å². The highest BCUT2D eigenvalue weighted by Crippen LogP contribution is 2.17. The fourth-order valence-electron chi connectivity index (χ4n) is 1.51. The van der Waals surface area contributed by atoms with Crippen LogP contribution < -0.4 is 5.73 Å². The van der Waals surface area contributed by atoms with Crippen LogP contribution in [0.3, 0.4) is 0 Å². The van der Waals surface area contributed by atoms with E-state index in [1.54, 1.807) is 17.0 Å². The highest BCUT2D eigenvalue weighted by Gasteiger charge is 2.20. The fraction of sp³-hybridized carbons (Fsp3) is 0.400. The van der Waals surface area contributed by atoms with E-state index in [4.69, 9.17) is 22.1 Å². The molecule has 0 atom stereocenters. The summed E-state index contributed by atoms with van der Waals surface area (Å²) in [5.41, 5.74) is 6.19. The van der Waals surface area contributed by atoms with Gasteiger partial charge in [-0.25, -0.2) is 4.98 Å². The minimum absolute atomic E-state index is 0.0495. The van der Waals surface area contributed by atoms with Crippen LogP contribution in [0.1, 0.15) is 5.69 Å². The molecule has 0 saturated carbocycles. The molecular formula is C10H12ClN3O2. The SMILES string of the molecule is Nc1ccc(Cl)c(CN2CCOCC2=O)n1. The lowest BCUT2D eigenvalue weighted by atomic mass is 10.3. The number of nitrogens with two attached hydrogens (primary N) is 1. The van der Waals surface area contributed by atoms with Gasteiger partial charge in [0, 0.05) is 6.54 Å². The second-order valence-corrected chi connectivity index (χ2v) is 3.94. The lowest BCUT2D eigenvalue weighted by molar-refractivity contribution is -0.143. The summed E-state index contributed by atoms with van der Waals surface area (Å²) in [6, 6.07) is 3.32. The monoisotopic (exact) mass is 241 g/mol. The zero-order chi connectivity index (χ0) is 11.5. The number of anilines is 1. The minimum Gasteiger partial charge on any atom is -0.384 e. The van der Waals surface area contributed by atoms with Gasteiger partial charge in [-0.3, -0.25) is 4.79 Å². The molecule has 6 heteroatoms. The molecular weight excluding hydrogens is 230 g/mol. The number of nitrogens with zero attached hydrogens (tertiary/aromatic N) is 2. The Morgan fingerprint density at radius 2 is 2.38 bits per heavy atom. The topological polar surface area (TPSA) is 68.4 Å². The van der Waals surface area contributed by atoms with Crippen molar-refractivity contribution in [3.05, 3.63) is 22.8 Å². The molecule has 1 aliphatic rings. The van der Waals surface area contributed by atoms with Crippen LogP contribution in [0.4, 0.5) is 5.82 Å². The fourth-order valence-corrected chi connectivity index (χ4v) is 1.68. The maximum Gasteiger partial charge on any atom is 0.249 e. The Hall–Kier alpha value is -1.33. The molecule has 1 aliphatic heterocycles. The largest absolute Gasteiger partial charge is 0.384 e. The van der Waals surface area contributed by atoms with E-state index >= 15 is 0 Å². The second-order valence-electron chi connectivity index (χ2n) is 3.53. The first-order valence-corrected chi connectivity index (χ1v) is 5.31. The molecule has 2 heterocycles. The third kappa shape index (κ3) is 2.43. The Balaban J connectivity index is 2.13. The van der Waals surface area contributed by atoms with Gasteiger partial charge in [-0.15, -0.1) is 0 Å². The van der Waals surface area contributed by atoms with Crippen molar-refractivity contribution >= 4 is 23.3 Å². The van der Waals surface area contributed by atoms with Crippen molar-refractivity contribution in [3.63, 3.8) is 0 Å². The maximum absolute atomic E-state index is 11.5. The Morgan fingerprint density at radius 1 is 1.56 bits per heavy atom. The summed E-state index contributed by atoms with van der Waals surface area (Å²) in [6.45, 7) is 1.61. The molecule has 0 aromatic carbocycles. The number of carbonyl (C=O) groups is 1. The number of halogens is 1. The summed E-state index contributed by atoms with van der Waals surface area (Å²) in [4.78, 5) is 17.3. The molecule has 5 nitrogen and oxygen atoms in total. The van der Waals surface area contributed by atoms with Crippen LogP contribution in [-0.4, -0.2) is 35.5 Å². The van der Waals surface area contributed by atoms with E-state index in [0.29, 0.717) is 36.2 Å². The highest BCUT2D eigenvalue weighted by atomic mass is 35.5. The first-order chi connectivity index (χ1) is 7.66. The smallest absolute Gasteiger partial charge is 0.249 e. The molecule has 0 unspecified atom stereocenters. The van der Waals surface area contributed by atoms with Gasteiger partial charge in [0.25, 0.3) is 0 Å². The molecule has 16 heavy (non-hydrogen) atoms. The lowest BCUT2D eigenvalue weighted by Gasteiger charge is -2.26. The Labute approximate surface area is 98.1 Å². The van der Waals surface area contributed by atoms with E-state index in [1.165, 1.54) is 0 Å². The minimum atomic E-state index is -0.0495. The molecule has 1 aromatic rings. The predicted molar refractivity (Wildman–Crippen MR) is 59.9 cm³/mol. The van der Waals surface area contributed by atoms with Crippen LogP contribution >= 0.6 is 11.6 Å². The molecule has 0 spiro atoms. The van der Waals surface area contributed by atoms with Crippen molar-refractivity contribution in [1.82, 2.24) is 9.88 Å². The Kier molecular flexibility index (Phi) is 3.26. The van der Waals surface area contributed by atoms with Crippen molar-refractivity contribution in [2.45, 2.75) is 6.54 Å². The van der Waals surface area contributed by atoms with Gasteiger partial charge in [-0.05, 0) is 12.1 Å². The van der Waals surface area contributed by atoms with Crippen LogP contribution in [0.25, 0.3) is 0 Å². The van der Waals surface area contributed by atoms with E-state index in [2.05, 4.69) is 4.98 Å². The van der Waals surface area contributed by atoms with Gasteiger partial charge in [0.05, 0.1) is 23.9 Å². The first-order valence-electron chi connectivity index (χ1n) is 4.93. The number of hydrogen-bond donors (Lipinski definition) is 1. The molecule has 2 rings (SSSR count). The van der Waals surface area contributed by atoms with Crippen LogP contribution in [0.15, 0.2) is 12.1 Å². The highest BCUT2D eigenvalue weighted by molar-refractivity contribution is 6.31. The molecule has 86 valence electrons. The molecule has 0 aliphatic carbocycles. The summed E-state index contributed by atoms with van der Waals surface area (Å²) in [7, 11) is 0. The number of carbonyl (C=O) groups excluding carboxylic acids is 1. The van der Waals surface area contributed by atoms with Gasteiger partial charge in [0.15, 0.2) is 0 Å². The van der Waals surface area contributed by atoms with Gasteiger partial charge in [0.1, 0.15) is 12.4 Å². The number of ether oxygens (including phenoxy) is 1. The van der Waals surface area contributed by atoms with Crippen LogP contribution in [0.5, 0.6) is 0 Å². The Bertz CT molecular complexity index is 411. The first kappa shape index (κ1) is 11.2. The maximum atomic E-state index is 11.5. The van der Waals surface area contributed by atoms with E-state index in [-0.39, 0.29) is 12.5 Å². The zero-order valence-corrected chi connectivity index (χ0v) is 9.41. The number of amides is 1. The normalized spacial score (nSPS) is 16.6. The van der Waals surface area contributed by atoms with Crippen molar-refractivity contribution in [1.29, 1.82) is 0 Å². The quantitative estimate of drug-likeness (QED) is 0.827. The number of nitrogen functional groups attached to an aromatic ring is 1. The number of pyridine rings is 1. The van der Waals surface area contributed by atoms with Gasteiger partial charge in [0.2, 0.25) is 5.91 Å². The van der Waals surface area contributed by atoms with Gasteiger partial charge in [-0.1, -0.05) is 11.6 Å². The standard InChI is InChI=1S/C10H12ClN3O2/c11-7-1-2-9(12)13-8(7)5-14-3-4-16-6-10(14)15/h1-2H,3-6H2,(H2,12,13). The number of hydrogen-bond acceptors (Lipinski definition) is 4. The van der Waals surface area contributed by atoms with Crippen LogP contribution in [0.2, 0.25) is 5.02 Å². The third-order valence-corrected chi connectivity index (χ3v) is 2.71. The molecule has 0 bridgehead atoms. The van der Waals surface area contributed by atoms with E-state index in [0.717, 1.165) is 0 Å². The number of aromatic nitrogens is 1. The van der Waals surface area contributed by atoms with E-state index in [9.17, 15) is 4.79 Å². The number of morpholine rings is 1. The van der Waals surface area contributed by atoms with E-state index in [1.807, 2.05) is 0 Å². The molecule has 1 aromatic heterocycles. The van der Waals surface area contributed by atoms with Crippen molar-refractivity contribution in [2.24, 2.45) is 0 Å². The summed E-state index contributed by atoms with van der Waals surface area (Å²) in [6.07, 6.45) is 0. The average molecular weight is 242 g/mol. The molecule has 2 N–H and O–H groups in total. The summed E-state index contributed by atoms with van der Waals surface area (Å²) >= 11 is 5.98. The molecule has 1 amide bonds. The summed E-state index contributed by atoms with van der Waals surface area (Å²) < 4.78 is 5.03. The van der Waals surface area contributed by atoms with Crippen molar-refractivity contribution < 1.29 is 9.53 Å². The summed E-state index contributed by atoms with van der Waals surface area (Å²) in [5.74, 6) is 0.353. The number of rotatable bonds is 2. The van der Waals surface area contributed by atoms with Gasteiger partial charge in [-0.2, -0.15) is 0 Å². The van der Waals surface area contributed by atoms with Crippen LogP contribution in [0, 0.1) is 0 Å². The van der Waals surface area contributed by atoms with Crippen LogP contribution in [-0.2, 0) is 16.1 Å². The Morgan fingerprint density at radius 3 is 3.12 bits per heavy atom. The van der Waals surface area contributed by atoms with E-state index < -0.39 is 0 Å². The molecule has 1 fully saturated rings. The predicted octanol–water partition coefficient (Wildman–Crippen LogP) is 0.676. The third-order valence-electron chi connectivity index (χ3n) is 2.36.